The van der Waals surface area contributed by atoms with E-state index >= 15 is 0 Å². The molecule has 0 radical (unpaired) electrons. The van der Waals surface area contributed by atoms with Crippen molar-refractivity contribution in [3.63, 3.8) is 0 Å². The highest BCUT2D eigenvalue weighted by atomic mass is 15.1. The van der Waals surface area contributed by atoms with Gasteiger partial charge in [-0.2, -0.15) is 0 Å². The Labute approximate surface area is 173 Å². The Kier molecular flexibility index (Phi) is 11.8. The van der Waals surface area contributed by atoms with Crippen molar-refractivity contribution in [2.24, 2.45) is 17.6 Å². The van der Waals surface area contributed by atoms with Gasteiger partial charge in [-0.3, -0.25) is 4.90 Å². The van der Waals surface area contributed by atoms with Crippen LogP contribution in [0.1, 0.15) is 51.5 Å². The molecule has 0 spiro atoms. The van der Waals surface area contributed by atoms with Gasteiger partial charge in [0.15, 0.2) is 0 Å². The van der Waals surface area contributed by atoms with E-state index < -0.39 is 0 Å². The number of benzene rings is 1. The minimum absolute atomic E-state index is 0.779. The van der Waals surface area contributed by atoms with Gasteiger partial charge in [0.2, 0.25) is 0 Å². The van der Waals surface area contributed by atoms with Crippen LogP contribution in [0.25, 0.3) is 0 Å². The monoisotopic (exact) mass is 388 g/mol. The van der Waals surface area contributed by atoms with Crippen LogP contribution in [0.4, 0.5) is 0 Å². The predicted molar refractivity (Wildman–Crippen MR) is 121 cm³/mol. The molecule has 0 bridgehead atoms. The first-order valence-electron chi connectivity index (χ1n) is 11.6. The first kappa shape index (κ1) is 23.3. The fourth-order valence-corrected chi connectivity index (χ4v) is 4.54. The van der Waals surface area contributed by atoms with Crippen molar-refractivity contribution in [3.8, 4) is 0 Å². The van der Waals surface area contributed by atoms with E-state index in [4.69, 9.17) is 5.73 Å². The summed E-state index contributed by atoms with van der Waals surface area (Å²) >= 11 is 0. The fourth-order valence-electron chi connectivity index (χ4n) is 4.54. The Bertz CT molecular complexity index is 483. The molecule has 0 amide bonds. The molecule has 2 atom stereocenters. The molecule has 160 valence electrons. The van der Waals surface area contributed by atoms with Crippen molar-refractivity contribution in [2.45, 2.75) is 52.5 Å². The summed E-state index contributed by atoms with van der Waals surface area (Å²) in [6, 6.07) is 10.8. The first-order chi connectivity index (χ1) is 13.7. The van der Waals surface area contributed by atoms with Gasteiger partial charge < -0.3 is 16.0 Å². The maximum absolute atomic E-state index is 5.72. The van der Waals surface area contributed by atoms with Crippen LogP contribution in [0.15, 0.2) is 30.3 Å². The molecule has 1 aliphatic rings. The highest BCUT2D eigenvalue weighted by molar-refractivity contribution is 5.14. The standard InChI is InChI=1S/C24H44N4/c1-22-18-23(2)20-28(19-22)17-9-14-26-13-6-7-15-27(16-8-12-25)21-24-10-4-3-5-11-24/h3-5,10-11,22-23,26H,6-9,12-21,25H2,1-2H3. The Morgan fingerprint density at radius 1 is 0.964 bits per heavy atom. The third-order valence-corrected chi connectivity index (χ3v) is 5.78. The summed E-state index contributed by atoms with van der Waals surface area (Å²) < 4.78 is 0. The second-order valence-electron chi connectivity index (χ2n) is 8.92. The van der Waals surface area contributed by atoms with Crippen LogP contribution in [0.2, 0.25) is 0 Å². The Morgan fingerprint density at radius 2 is 1.64 bits per heavy atom. The molecule has 1 aromatic carbocycles. The summed E-state index contributed by atoms with van der Waals surface area (Å²) in [5.41, 5.74) is 7.12. The van der Waals surface area contributed by atoms with Crippen molar-refractivity contribution in [1.29, 1.82) is 0 Å². The maximum atomic E-state index is 5.72. The van der Waals surface area contributed by atoms with E-state index in [9.17, 15) is 0 Å². The number of likely N-dealkylation sites (tertiary alicyclic amines) is 1. The molecule has 2 unspecified atom stereocenters. The number of hydrogen-bond acceptors (Lipinski definition) is 4. The predicted octanol–water partition coefficient (Wildman–Crippen LogP) is 3.58. The molecule has 1 saturated heterocycles. The average molecular weight is 389 g/mol. The molecule has 1 fully saturated rings. The molecule has 1 heterocycles. The smallest absolute Gasteiger partial charge is 0.0233 e. The van der Waals surface area contributed by atoms with Crippen molar-refractivity contribution >= 4 is 0 Å². The topological polar surface area (TPSA) is 44.5 Å². The first-order valence-corrected chi connectivity index (χ1v) is 11.6. The molecule has 1 aromatic rings. The van der Waals surface area contributed by atoms with E-state index in [0.29, 0.717) is 0 Å². The van der Waals surface area contributed by atoms with Crippen molar-refractivity contribution < 1.29 is 0 Å². The van der Waals surface area contributed by atoms with Crippen LogP contribution >= 0.6 is 0 Å². The largest absolute Gasteiger partial charge is 0.330 e. The van der Waals surface area contributed by atoms with Crippen molar-refractivity contribution in [2.75, 3.05) is 52.4 Å². The SMILES string of the molecule is CC1CC(C)CN(CCCNCCCCN(CCCN)Cc2ccccc2)C1. The average Bonchev–Trinajstić information content (AvgIpc) is 2.68. The highest BCUT2D eigenvalue weighted by Gasteiger charge is 2.20. The Balaban J connectivity index is 1.51. The summed E-state index contributed by atoms with van der Waals surface area (Å²) in [5.74, 6) is 1.74. The molecule has 2 rings (SSSR count). The number of piperidine rings is 1. The Hall–Kier alpha value is -0.940. The van der Waals surface area contributed by atoms with Gasteiger partial charge in [-0.1, -0.05) is 44.2 Å². The Morgan fingerprint density at radius 3 is 2.36 bits per heavy atom. The summed E-state index contributed by atoms with van der Waals surface area (Å²) in [4.78, 5) is 5.22. The maximum Gasteiger partial charge on any atom is 0.0233 e. The molecule has 3 N–H and O–H groups in total. The lowest BCUT2D eigenvalue weighted by Crippen LogP contribution is -2.39. The molecule has 0 aliphatic carbocycles. The molecule has 28 heavy (non-hydrogen) atoms. The molecule has 0 aromatic heterocycles. The minimum atomic E-state index is 0.779. The van der Waals surface area contributed by atoms with Crippen molar-refractivity contribution in [3.05, 3.63) is 35.9 Å². The van der Waals surface area contributed by atoms with Gasteiger partial charge in [-0.05, 0) is 88.8 Å². The number of unbranched alkanes of at least 4 members (excludes halogenated alkanes) is 1. The third-order valence-electron chi connectivity index (χ3n) is 5.78. The van der Waals surface area contributed by atoms with Gasteiger partial charge >= 0.3 is 0 Å². The van der Waals surface area contributed by atoms with Crippen LogP contribution in [-0.2, 0) is 6.54 Å². The molecule has 4 heteroatoms. The quantitative estimate of drug-likeness (QED) is 0.478. The van der Waals surface area contributed by atoms with Crippen LogP contribution < -0.4 is 11.1 Å². The lowest BCUT2D eigenvalue weighted by Gasteiger charge is -2.34. The van der Waals surface area contributed by atoms with E-state index in [-0.39, 0.29) is 0 Å². The number of nitrogens with two attached hydrogens (primary N) is 1. The zero-order chi connectivity index (χ0) is 20.0. The van der Waals surface area contributed by atoms with Gasteiger partial charge in [-0.15, -0.1) is 0 Å². The number of nitrogens with one attached hydrogen (secondary N) is 1. The van der Waals surface area contributed by atoms with Gasteiger partial charge in [0.05, 0.1) is 0 Å². The minimum Gasteiger partial charge on any atom is -0.330 e. The van der Waals surface area contributed by atoms with Crippen LogP contribution in [-0.4, -0.2) is 62.2 Å². The lowest BCUT2D eigenvalue weighted by atomic mass is 9.92. The number of hydrogen-bond donors (Lipinski definition) is 2. The summed E-state index contributed by atoms with van der Waals surface area (Å²) in [7, 11) is 0. The van der Waals surface area contributed by atoms with E-state index in [1.165, 1.54) is 57.4 Å². The van der Waals surface area contributed by atoms with E-state index in [1.54, 1.807) is 0 Å². The fraction of sp³-hybridized carbons (Fsp3) is 0.750. The van der Waals surface area contributed by atoms with Gasteiger partial charge in [0, 0.05) is 19.6 Å². The molecule has 4 nitrogen and oxygen atoms in total. The zero-order valence-electron chi connectivity index (χ0n) is 18.4. The number of nitrogens with zero attached hydrogens (tertiary/aromatic N) is 2. The molecular weight excluding hydrogens is 344 g/mol. The highest BCUT2D eigenvalue weighted by Crippen LogP contribution is 2.20. The van der Waals surface area contributed by atoms with Crippen molar-refractivity contribution in [1.82, 2.24) is 15.1 Å². The van der Waals surface area contributed by atoms with Gasteiger partial charge in [0.25, 0.3) is 0 Å². The second-order valence-corrected chi connectivity index (χ2v) is 8.92. The van der Waals surface area contributed by atoms with Crippen LogP contribution in [0, 0.1) is 11.8 Å². The summed E-state index contributed by atoms with van der Waals surface area (Å²) in [6.07, 6.45) is 6.27. The molecule has 0 saturated carbocycles. The zero-order valence-corrected chi connectivity index (χ0v) is 18.4. The summed E-state index contributed by atoms with van der Waals surface area (Å²) in [5, 5.41) is 3.65. The van der Waals surface area contributed by atoms with E-state index in [0.717, 1.165) is 51.0 Å². The van der Waals surface area contributed by atoms with E-state index in [2.05, 4.69) is 59.3 Å². The normalized spacial score (nSPS) is 20.7. The molecule has 1 aliphatic heterocycles. The second kappa shape index (κ2) is 14.1. The molecular formula is C24H44N4. The van der Waals surface area contributed by atoms with E-state index in [1.807, 2.05) is 0 Å². The third kappa shape index (κ3) is 10.0. The number of rotatable bonds is 14. The summed E-state index contributed by atoms with van der Waals surface area (Å²) in [6.45, 7) is 15.0. The lowest BCUT2D eigenvalue weighted by molar-refractivity contribution is 0.139. The van der Waals surface area contributed by atoms with Gasteiger partial charge in [0.1, 0.15) is 0 Å². The van der Waals surface area contributed by atoms with Gasteiger partial charge in [-0.25, -0.2) is 0 Å². The van der Waals surface area contributed by atoms with Crippen LogP contribution in [0.5, 0.6) is 0 Å². The van der Waals surface area contributed by atoms with Crippen LogP contribution in [0.3, 0.4) is 0 Å².